The van der Waals surface area contributed by atoms with Crippen molar-refractivity contribution >= 4 is 0 Å². The zero-order valence-corrected chi connectivity index (χ0v) is 8.36. The molecule has 0 heterocycles. The highest BCUT2D eigenvalue weighted by Gasteiger charge is 2.06. The lowest BCUT2D eigenvalue weighted by Crippen LogP contribution is -1.94. The fourth-order valence-corrected chi connectivity index (χ4v) is 1.39. The highest BCUT2D eigenvalue weighted by atomic mass is 19.1. The zero-order chi connectivity index (χ0) is 9.84. The predicted molar refractivity (Wildman–Crippen MR) is 51.7 cm³/mol. The summed E-state index contributed by atoms with van der Waals surface area (Å²) in [5, 5.41) is 0. The summed E-state index contributed by atoms with van der Waals surface area (Å²) in [6.45, 7) is 4.03. The number of rotatable bonds is 3. The first kappa shape index (κ1) is 10.0. The second-order valence-corrected chi connectivity index (χ2v) is 3.16. The van der Waals surface area contributed by atoms with Gasteiger partial charge in [0.15, 0.2) is 11.6 Å². The van der Waals surface area contributed by atoms with Gasteiger partial charge in [-0.2, -0.15) is 0 Å². The highest BCUT2D eigenvalue weighted by Crippen LogP contribution is 2.22. The number of methoxy groups -OCH3 is 1. The van der Waals surface area contributed by atoms with Crippen LogP contribution in [0.5, 0.6) is 5.75 Å². The van der Waals surface area contributed by atoms with Gasteiger partial charge in [0.1, 0.15) is 0 Å². The fourth-order valence-electron chi connectivity index (χ4n) is 1.39. The van der Waals surface area contributed by atoms with E-state index in [1.165, 1.54) is 18.7 Å². The molecule has 0 aliphatic carbocycles. The quantitative estimate of drug-likeness (QED) is 0.698. The minimum atomic E-state index is -0.278. The van der Waals surface area contributed by atoms with E-state index < -0.39 is 0 Å². The summed E-state index contributed by atoms with van der Waals surface area (Å²) in [5.74, 6) is 0.0638. The van der Waals surface area contributed by atoms with Crippen molar-refractivity contribution in [3.8, 4) is 5.75 Å². The molecule has 0 amide bonds. The molecule has 0 saturated heterocycles. The highest BCUT2D eigenvalue weighted by molar-refractivity contribution is 5.36. The largest absolute Gasteiger partial charge is 0.494 e. The average molecular weight is 182 g/mol. The van der Waals surface area contributed by atoms with Crippen LogP contribution in [0.3, 0.4) is 0 Å². The smallest absolute Gasteiger partial charge is 0.165 e. The molecule has 0 aliphatic rings. The first-order valence-electron chi connectivity index (χ1n) is 4.52. The molecule has 1 rings (SSSR count). The maximum atomic E-state index is 13.1. The van der Waals surface area contributed by atoms with Gasteiger partial charge in [-0.05, 0) is 36.6 Å². The Kier molecular flexibility index (Phi) is 3.29. The summed E-state index contributed by atoms with van der Waals surface area (Å²) in [6, 6.07) is 3.32. The van der Waals surface area contributed by atoms with E-state index in [1.807, 2.05) is 6.92 Å². The van der Waals surface area contributed by atoms with Crippen LogP contribution in [-0.4, -0.2) is 7.11 Å². The van der Waals surface area contributed by atoms with Gasteiger partial charge in [0.25, 0.3) is 0 Å². The molecule has 13 heavy (non-hydrogen) atoms. The van der Waals surface area contributed by atoms with E-state index in [0.717, 1.165) is 18.4 Å². The van der Waals surface area contributed by atoms with E-state index in [4.69, 9.17) is 4.74 Å². The van der Waals surface area contributed by atoms with Crippen LogP contribution in [0.2, 0.25) is 0 Å². The number of halogens is 1. The third-order valence-electron chi connectivity index (χ3n) is 2.13. The summed E-state index contributed by atoms with van der Waals surface area (Å²) >= 11 is 0. The van der Waals surface area contributed by atoms with Crippen LogP contribution in [0.25, 0.3) is 0 Å². The number of benzene rings is 1. The molecular formula is C11H15FO. The fraction of sp³-hybridized carbons (Fsp3) is 0.455. The van der Waals surface area contributed by atoms with Crippen LogP contribution in [0.15, 0.2) is 12.1 Å². The summed E-state index contributed by atoms with van der Waals surface area (Å²) in [6.07, 6.45) is 2.04. The molecule has 0 aromatic heterocycles. The van der Waals surface area contributed by atoms with Crippen LogP contribution in [-0.2, 0) is 6.42 Å². The first-order valence-corrected chi connectivity index (χ1v) is 4.52. The second-order valence-electron chi connectivity index (χ2n) is 3.16. The number of aryl methyl sites for hydroxylation is 2. The van der Waals surface area contributed by atoms with Crippen LogP contribution >= 0.6 is 0 Å². The predicted octanol–water partition coefficient (Wildman–Crippen LogP) is 3.10. The molecule has 72 valence electrons. The van der Waals surface area contributed by atoms with Crippen molar-refractivity contribution in [2.75, 3.05) is 7.11 Å². The number of hydrogen-bond acceptors (Lipinski definition) is 1. The van der Waals surface area contributed by atoms with Gasteiger partial charge in [0, 0.05) is 0 Å². The Morgan fingerprint density at radius 3 is 2.62 bits per heavy atom. The Morgan fingerprint density at radius 2 is 2.08 bits per heavy atom. The van der Waals surface area contributed by atoms with Crippen LogP contribution in [0.4, 0.5) is 4.39 Å². The van der Waals surface area contributed by atoms with E-state index in [9.17, 15) is 4.39 Å². The maximum Gasteiger partial charge on any atom is 0.165 e. The van der Waals surface area contributed by atoms with Crippen LogP contribution in [0, 0.1) is 12.7 Å². The van der Waals surface area contributed by atoms with Crippen molar-refractivity contribution in [3.05, 3.63) is 29.1 Å². The number of hydrogen-bond donors (Lipinski definition) is 0. The van der Waals surface area contributed by atoms with Crippen molar-refractivity contribution in [1.29, 1.82) is 0 Å². The van der Waals surface area contributed by atoms with Gasteiger partial charge in [0.05, 0.1) is 7.11 Å². The maximum absolute atomic E-state index is 13.1. The van der Waals surface area contributed by atoms with Gasteiger partial charge in [0.2, 0.25) is 0 Å². The summed E-state index contributed by atoms with van der Waals surface area (Å²) in [7, 11) is 1.49. The van der Waals surface area contributed by atoms with E-state index >= 15 is 0 Å². The van der Waals surface area contributed by atoms with Crippen molar-refractivity contribution < 1.29 is 9.13 Å². The lowest BCUT2D eigenvalue weighted by atomic mass is 10.0. The Morgan fingerprint density at radius 1 is 1.38 bits per heavy atom. The molecule has 1 aromatic carbocycles. The summed E-state index contributed by atoms with van der Waals surface area (Å²) < 4.78 is 18.1. The van der Waals surface area contributed by atoms with Gasteiger partial charge in [-0.25, -0.2) is 4.39 Å². The van der Waals surface area contributed by atoms with Gasteiger partial charge in [-0.1, -0.05) is 13.3 Å². The normalized spacial score (nSPS) is 10.2. The van der Waals surface area contributed by atoms with Crippen molar-refractivity contribution in [3.63, 3.8) is 0 Å². The molecule has 0 aliphatic heterocycles. The van der Waals surface area contributed by atoms with Gasteiger partial charge in [-0.3, -0.25) is 0 Å². The average Bonchev–Trinajstić information content (AvgIpc) is 2.10. The minimum absolute atomic E-state index is 0.278. The van der Waals surface area contributed by atoms with E-state index in [-0.39, 0.29) is 5.82 Å². The van der Waals surface area contributed by atoms with E-state index in [0.29, 0.717) is 5.75 Å². The molecule has 0 bridgehead atoms. The molecule has 1 nitrogen and oxygen atoms in total. The standard InChI is InChI=1S/C11H15FO/c1-4-5-9-7-11(13-3)10(12)6-8(9)2/h6-7H,4-5H2,1-3H3. The molecule has 0 spiro atoms. The summed E-state index contributed by atoms with van der Waals surface area (Å²) in [5.41, 5.74) is 2.17. The Bertz CT molecular complexity index is 294. The topological polar surface area (TPSA) is 9.23 Å². The Labute approximate surface area is 78.5 Å². The number of ether oxygens (including phenoxy) is 1. The van der Waals surface area contributed by atoms with Crippen molar-refractivity contribution in [1.82, 2.24) is 0 Å². The lowest BCUT2D eigenvalue weighted by molar-refractivity contribution is 0.385. The van der Waals surface area contributed by atoms with Gasteiger partial charge in [-0.15, -0.1) is 0 Å². The third kappa shape index (κ3) is 2.20. The third-order valence-corrected chi connectivity index (χ3v) is 2.13. The van der Waals surface area contributed by atoms with Crippen molar-refractivity contribution in [2.45, 2.75) is 26.7 Å². The van der Waals surface area contributed by atoms with Gasteiger partial charge < -0.3 is 4.74 Å². The Balaban J connectivity index is 3.06. The minimum Gasteiger partial charge on any atom is -0.494 e. The van der Waals surface area contributed by atoms with E-state index in [1.54, 1.807) is 6.07 Å². The molecule has 2 heteroatoms. The molecule has 0 unspecified atom stereocenters. The zero-order valence-electron chi connectivity index (χ0n) is 8.36. The molecule has 0 saturated carbocycles. The molecule has 0 N–H and O–H groups in total. The molecular weight excluding hydrogens is 167 g/mol. The first-order chi connectivity index (χ1) is 6.19. The second kappa shape index (κ2) is 4.26. The molecule has 0 radical (unpaired) electrons. The van der Waals surface area contributed by atoms with Gasteiger partial charge >= 0.3 is 0 Å². The summed E-state index contributed by atoms with van der Waals surface area (Å²) in [4.78, 5) is 0. The lowest BCUT2D eigenvalue weighted by Gasteiger charge is -2.08. The van der Waals surface area contributed by atoms with Crippen molar-refractivity contribution in [2.24, 2.45) is 0 Å². The van der Waals surface area contributed by atoms with Crippen LogP contribution < -0.4 is 4.74 Å². The van der Waals surface area contributed by atoms with Crippen LogP contribution in [0.1, 0.15) is 24.5 Å². The molecule has 0 fully saturated rings. The SMILES string of the molecule is CCCc1cc(OC)c(F)cc1C. The monoisotopic (exact) mass is 182 g/mol. The Hall–Kier alpha value is -1.05. The van der Waals surface area contributed by atoms with E-state index in [2.05, 4.69) is 6.92 Å². The molecule has 0 atom stereocenters. The molecule has 1 aromatic rings.